The minimum absolute atomic E-state index is 0.191. The van der Waals surface area contributed by atoms with Crippen LogP contribution >= 0.6 is 11.6 Å². The molecule has 0 atom stereocenters. The van der Waals surface area contributed by atoms with Crippen LogP contribution in [0.5, 0.6) is 0 Å². The third-order valence-corrected chi connectivity index (χ3v) is 4.53. The third-order valence-electron chi connectivity index (χ3n) is 4.22. The van der Waals surface area contributed by atoms with Crippen molar-refractivity contribution in [3.63, 3.8) is 0 Å². The van der Waals surface area contributed by atoms with E-state index in [0.717, 1.165) is 16.8 Å². The van der Waals surface area contributed by atoms with Crippen molar-refractivity contribution in [2.24, 2.45) is 9.98 Å². The second-order valence-corrected chi connectivity index (χ2v) is 7.03. The van der Waals surface area contributed by atoms with E-state index in [4.69, 9.17) is 16.9 Å². The van der Waals surface area contributed by atoms with E-state index in [2.05, 4.69) is 40.4 Å². The van der Waals surface area contributed by atoms with E-state index >= 15 is 0 Å². The Kier molecular flexibility index (Phi) is 15.6. The molecule has 6 heteroatoms. The van der Waals surface area contributed by atoms with Crippen LogP contribution in [0.4, 0.5) is 11.4 Å². The summed E-state index contributed by atoms with van der Waals surface area (Å²) in [7, 11) is 1.80. The number of hydrogen-bond donors (Lipinski definition) is 1. The molecule has 0 aliphatic heterocycles. The lowest BCUT2D eigenvalue weighted by atomic mass is 10.0. The van der Waals surface area contributed by atoms with Gasteiger partial charge in [-0.15, -0.1) is 0 Å². The molecule has 0 saturated carbocycles. The average Bonchev–Trinajstić information content (AvgIpc) is 2.84. The number of nitriles is 1. The highest BCUT2D eigenvalue weighted by Crippen LogP contribution is 2.30. The molecular formula is C28H31ClN4O. The van der Waals surface area contributed by atoms with Crippen molar-refractivity contribution in [3.05, 3.63) is 82.6 Å². The Balaban J connectivity index is 0.000000686. The molecule has 1 N–H and O–H groups in total. The first-order valence-electron chi connectivity index (χ1n) is 10.5. The summed E-state index contributed by atoms with van der Waals surface area (Å²) >= 11 is 6.19. The molecule has 0 bridgehead atoms. The fraction of sp³-hybridized carbons (Fsp3) is 0.214. The van der Waals surface area contributed by atoms with Gasteiger partial charge in [-0.1, -0.05) is 60.4 Å². The van der Waals surface area contributed by atoms with Crippen LogP contribution in [0, 0.1) is 23.2 Å². The van der Waals surface area contributed by atoms with Crippen molar-refractivity contribution in [2.45, 2.75) is 34.1 Å². The summed E-state index contributed by atoms with van der Waals surface area (Å²) in [6.07, 6.45) is 12.7. The zero-order valence-corrected chi connectivity index (χ0v) is 21.2. The molecule has 1 rings (SSSR count). The van der Waals surface area contributed by atoms with Gasteiger partial charge >= 0.3 is 0 Å². The molecule has 0 aliphatic rings. The molecule has 0 spiro atoms. The molecule has 34 heavy (non-hydrogen) atoms. The van der Waals surface area contributed by atoms with E-state index in [9.17, 15) is 4.79 Å². The Morgan fingerprint density at radius 1 is 1.24 bits per heavy atom. The minimum Gasteiger partial charge on any atom is -0.386 e. The summed E-state index contributed by atoms with van der Waals surface area (Å²) in [4.78, 5) is 18.9. The summed E-state index contributed by atoms with van der Waals surface area (Å²) < 4.78 is 0. The number of nitrogens with zero attached hydrogens (tertiary/aromatic N) is 3. The number of carbonyl (C=O) groups excluding carboxylic acids is 1. The first-order chi connectivity index (χ1) is 16.3. The zero-order valence-electron chi connectivity index (χ0n) is 20.4. The summed E-state index contributed by atoms with van der Waals surface area (Å²) in [5, 5.41) is 12.0. The van der Waals surface area contributed by atoms with Crippen molar-refractivity contribution in [1.29, 1.82) is 5.26 Å². The Morgan fingerprint density at radius 3 is 2.41 bits per heavy atom. The van der Waals surface area contributed by atoms with Gasteiger partial charge < -0.3 is 5.32 Å². The van der Waals surface area contributed by atoms with E-state index in [-0.39, 0.29) is 6.42 Å². The first-order valence-corrected chi connectivity index (χ1v) is 10.9. The number of rotatable bonds is 8. The van der Waals surface area contributed by atoms with Crippen LogP contribution in [-0.4, -0.2) is 25.8 Å². The smallest absolute Gasteiger partial charge is 0.236 e. The van der Waals surface area contributed by atoms with Crippen molar-refractivity contribution in [2.75, 3.05) is 12.4 Å². The van der Waals surface area contributed by atoms with Gasteiger partial charge in [0.25, 0.3) is 0 Å². The van der Waals surface area contributed by atoms with Gasteiger partial charge in [-0.3, -0.25) is 14.8 Å². The van der Waals surface area contributed by atoms with Crippen LogP contribution in [0.15, 0.2) is 82.0 Å². The lowest BCUT2D eigenvalue weighted by Gasteiger charge is -2.06. The zero-order chi connectivity index (χ0) is 25.9. The van der Waals surface area contributed by atoms with Gasteiger partial charge in [-0.2, -0.15) is 5.26 Å². The Bertz CT molecular complexity index is 1130. The van der Waals surface area contributed by atoms with E-state index < -0.39 is 5.78 Å². The van der Waals surface area contributed by atoms with Gasteiger partial charge in [0.1, 0.15) is 6.07 Å². The fourth-order valence-corrected chi connectivity index (χ4v) is 2.73. The summed E-state index contributed by atoms with van der Waals surface area (Å²) in [5.41, 5.74) is 4.83. The number of aliphatic imine (C=N–C) groups is 2. The largest absolute Gasteiger partial charge is 0.386 e. The SMILES string of the molecule is C=C/C(C#Cc1cc(N=C)c(NC)cc1Cl)=C\N=CC.C\C=C/C(C)=C(\C=C\C)CC(=O)C#N. The van der Waals surface area contributed by atoms with Gasteiger partial charge in [0.15, 0.2) is 0 Å². The molecule has 5 nitrogen and oxygen atoms in total. The Labute approximate surface area is 208 Å². The fourth-order valence-electron chi connectivity index (χ4n) is 2.52. The second kappa shape index (κ2) is 17.6. The standard InChI is InChI=1S/C16H16ClN3.C12H15NO/c1-5-12(11-20-6-2)7-8-13-9-15(18-3)16(19-4)10-14(13)17;1-4-6-10(3)11(7-5-2)8-12(14)9-13/h5-6,9-11,19H,1,3H2,2,4H3;4-7H,8H2,1-3H3/b12-11+,20-6?;6-4-,7-5+,11-10+. The van der Waals surface area contributed by atoms with Gasteiger partial charge in [-0.25, -0.2) is 0 Å². The number of allylic oxidation sites excluding steroid dienone is 8. The van der Waals surface area contributed by atoms with Crippen LogP contribution in [-0.2, 0) is 4.79 Å². The lowest BCUT2D eigenvalue weighted by Crippen LogP contribution is -1.96. The van der Waals surface area contributed by atoms with E-state index in [1.54, 1.807) is 43.7 Å². The first kappa shape index (κ1) is 30.1. The molecule has 0 fully saturated rings. The van der Waals surface area contributed by atoms with E-state index in [1.165, 1.54) is 0 Å². The maximum atomic E-state index is 11.0. The molecule has 1 aromatic rings. The van der Waals surface area contributed by atoms with Crippen LogP contribution in [0.25, 0.3) is 0 Å². The van der Waals surface area contributed by atoms with Gasteiger partial charge in [0.05, 0.1) is 16.4 Å². The highest BCUT2D eigenvalue weighted by atomic mass is 35.5. The minimum atomic E-state index is -0.401. The highest BCUT2D eigenvalue weighted by molar-refractivity contribution is 6.32. The second-order valence-electron chi connectivity index (χ2n) is 6.62. The molecule has 0 radical (unpaired) electrons. The van der Waals surface area contributed by atoms with Crippen LogP contribution in [0.3, 0.4) is 0 Å². The maximum Gasteiger partial charge on any atom is 0.236 e. The number of halogens is 1. The number of hydrogen-bond acceptors (Lipinski definition) is 5. The topological polar surface area (TPSA) is 77.6 Å². The molecule has 0 saturated heterocycles. The molecule has 0 heterocycles. The van der Waals surface area contributed by atoms with Crippen molar-refractivity contribution in [3.8, 4) is 17.9 Å². The van der Waals surface area contributed by atoms with Crippen molar-refractivity contribution >= 4 is 41.7 Å². The quantitative estimate of drug-likeness (QED) is 0.188. The molecule has 1 aromatic carbocycles. The maximum absolute atomic E-state index is 11.0. The van der Waals surface area contributed by atoms with Crippen LogP contribution in [0.1, 0.15) is 39.7 Å². The van der Waals surface area contributed by atoms with Gasteiger partial charge in [0, 0.05) is 37.0 Å². The summed E-state index contributed by atoms with van der Waals surface area (Å²) in [5.74, 6) is 5.55. The number of Topliss-reactive ketones (excluding diaryl/α,β-unsaturated/α-hetero) is 1. The Hall–Kier alpha value is -3.93. The number of ketones is 1. The van der Waals surface area contributed by atoms with Crippen LogP contribution < -0.4 is 5.32 Å². The third kappa shape index (κ3) is 11.1. The predicted octanol–water partition coefficient (Wildman–Crippen LogP) is 7.16. The Morgan fingerprint density at radius 2 is 1.91 bits per heavy atom. The van der Waals surface area contributed by atoms with Crippen molar-refractivity contribution < 1.29 is 4.79 Å². The summed E-state index contributed by atoms with van der Waals surface area (Å²) in [6, 6.07) is 5.18. The number of benzene rings is 1. The molecular weight excluding hydrogens is 444 g/mol. The molecule has 0 unspecified atom stereocenters. The van der Waals surface area contributed by atoms with Gasteiger partial charge in [0.2, 0.25) is 5.78 Å². The van der Waals surface area contributed by atoms with E-state index in [1.807, 2.05) is 52.0 Å². The molecule has 176 valence electrons. The molecule has 0 aromatic heterocycles. The highest BCUT2D eigenvalue weighted by Gasteiger charge is 2.05. The normalized spacial score (nSPS) is 11.7. The van der Waals surface area contributed by atoms with Crippen molar-refractivity contribution in [1.82, 2.24) is 0 Å². The molecule has 0 aliphatic carbocycles. The average molecular weight is 475 g/mol. The number of anilines is 1. The molecule has 0 amide bonds. The van der Waals surface area contributed by atoms with Gasteiger partial charge in [-0.05, 0) is 57.7 Å². The number of carbonyl (C=O) groups is 1. The number of nitrogens with one attached hydrogen (secondary N) is 1. The summed E-state index contributed by atoms with van der Waals surface area (Å²) in [6.45, 7) is 14.8. The lowest BCUT2D eigenvalue weighted by molar-refractivity contribution is -0.113. The van der Waals surface area contributed by atoms with Crippen LogP contribution in [0.2, 0.25) is 5.02 Å². The van der Waals surface area contributed by atoms with E-state index in [0.29, 0.717) is 21.8 Å². The predicted molar refractivity (Wildman–Crippen MR) is 147 cm³/mol. The monoisotopic (exact) mass is 474 g/mol.